The van der Waals surface area contributed by atoms with Gasteiger partial charge in [-0.25, -0.2) is 4.98 Å². The summed E-state index contributed by atoms with van der Waals surface area (Å²) >= 11 is 1.36. The van der Waals surface area contributed by atoms with Gasteiger partial charge < -0.3 is 10.1 Å². The first-order valence-corrected chi connectivity index (χ1v) is 7.37. The summed E-state index contributed by atoms with van der Waals surface area (Å²) in [6, 6.07) is 5.51. The maximum absolute atomic E-state index is 12.2. The van der Waals surface area contributed by atoms with E-state index in [9.17, 15) is 18.0 Å². The van der Waals surface area contributed by atoms with Gasteiger partial charge >= 0.3 is 6.18 Å². The Morgan fingerprint density at radius 2 is 2.25 bits per heavy atom. The molecule has 2 aromatic rings. The molecule has 0 fully saturated rings. The molecule has 0 atom stereocenters. The number of nitrogens with one attached hydrogen (secondary N) is 1. The molecule has 0 spiro atoms. The van der Waals surface area contributed by atoms with Crippen LogP contribution in [0.2, 0.25) is 0 Å². The van der Waals surface area contributed by atoms with Crippen LogP contribution in [0.4, 0.5) is 18.9 Å². The number of benzene rings is 1. The Hall–Kier alpha value is -2.86. The Balaban J connectivity index is 2.03. The quantitative estimate of drug-likeness (QED) is 0.834. The number of alkyl halides is 3. The van der Waals surface area contributed by atoms with E-state index in [-0.39, 0.29) is 17.0 Å². The smallest absolute Gasteiger partial charge is 0.422 e. The highest BCUT2D eigenvalue weighted by Gasteiger charge is 2.28. The Bertz CT molecular complexity index is 780. The lowest BCUT2D eigenvalue weighted by Gasteiger charge is -2.11. The number of carbonyl (C=O) groups excluding carboxylic acids is 1. The molecule has 1 heterocycles. The molecular weight excluding hydrogens is 343 g/mol. The molecule has 124 valence electrons. The number of amides is 1. The summed E-state index contributed by atoms with van der Waals surface area (Å²) in [4.78, 5) is 15.7. The molecule has 0 aliphatic rings. The van der Waals surface area contributed by atoms with E-state index < -0.39 is 18.7 Å². The van der Waals surface area contributed by atoms with E-state index in [0.29, 0.717) is 5.01 Å². The average Bonchev–Trinajstić information content (AvgIpc) is 3.04. The molecule has 2 rings (SSSR count). The van der Waals surface area contributed by atoms with Crippen LogP contribution in [0.1, 0.15) is 10.6 Å². The molecule has 1 amide bonds. The molecule has 1 N–H and O–H groups in total. The zero-order valence-electron chi connectivity index (χ0n) is 12.0. The Labute approximate surface area is 139 Å². The van der Waals surface area contributed by atoms with Crippen molar-refractivity contribution in [2.75, 3.05) is 11.9 Å². The summed E-state index contributed by atoms with van der Waals surface area (Å²) in [6.45, 7) is -1.50. The molecule has 0 saturated carbocycles. The Morgan fingerprint density at radius 3 is 2.88 bits per heavy atom. The molecule has 0 aliphatic heterocycles. The molecule has 1 aromatic carbocycles. The number of thiazole rings is 1. The average molecular weight is 353 g/mol. The molecule has 0 bridgehead atoms. The molecule has 24 heavy (non-hydrogen) atoms. The lowest BCUT2D eigenvalue weighted by molar-refractivity contribution is -0.153. The number of ether oxygens (including phenoxy) is 1. The summed E-state index contributed by atoms with van der Waals surface area (Å²) < 4.78 is 41.0. The highest BCUT2D eigenvalue weighted by atomic mass is 32.1. The van der Waals surface area contributed by atoms with Gasteiger partial charge in [-0.3, -0.25) is 4.79 Å². The van der Waals surface area contributed by atoms with E-state index in [2.05, 4.69) is 15.0 Å². The van der Waals surface area contributed by atoms with Crippen LogP contribution in [0.3, 0.4) is 0 Å². The summed E-state index contributed by atoms with van der Waals surface area (Å²) in [6.07, 6.45) is -0.119. The molecule has 0 unspecified atom stereocenters. The summed E-state index contributed by atoms with van der Waals surface area (Å²) in [5, 5.41) is 13.9. The van der Waals surface area contributed by atoms with Crippen LogP contribution in [0.15, 0.2) is 35.9 Å². The van der Waals surface area contributed by atoms with Crippen LogP contribution < -0.4 is 10.1 Å². The number of aromatic nitrogens is 1. The van der Waals surface area contributed by atoms with Crippen LogP contribution in [-0.4, -0.2) is 23.7 Å². The molecular formula is C15H10F3N3O2S. The van der Waals surface area contributed by atoms with Crippen LogP contribution in [0.25, 0.3) is 6.08 Å². The SMILES string of the molecule is N#Cc1cc(NC(=O)C=Cc2nccs2)ccc1OCC(F)(F)F. The fourth-order valence-electron chi connectivity index (χ4n) is 1.63. The Morgan fingerprint density at radius 1 is 1.46 bits per heavy atom. The van der Waals surface area contributed by atoms with Crippen molar-refractivity contribution in [3.8, 4) is 11.8 Å². The van der Waals surface area contributed by atoms with E-state index >= 15 is 0 Å². The minimum Gasteiger partial charge on any atom is -0.483 e. The zero-order valence-corrected chi connectivity index (χ0v) is 12.8. The fraction of sp³-hybridized carbons (Fsp3) is 0.133. The first kappa shape index (κ1) is 17.5. The zero-order chi connectivity index (χ0) is 17.6. The largest absolute Gasteiger partial charge is 0.483 e. The molecule has 0 aliphatic carbocycles. The summed E-state index contributed by atoms with van der Waals surface area (Å²) in [5.41, 5.74) is 0.153. The van der Waals surface area contributed by atoms with E-state index in [1.54, 1.807) is 17.6 Å². The lowest BCUT2D eigenvalue weighted by atomic mass is 10.2. The van der Waals surface area contributed by atoms with Gasteiger partial charge in [0.1, 0.15) is 16.8 Å². The molecule has 0 saturated heterocycles. The number of nitriles is 1. The van der Waals surface area contributed by atoms with Crippen molar-refractivity contribution in [1.82, 2.24) is 4.98 Å². The minimum absolute atomic E-state index is 0.110. The van der Waals surface area contributed by atoms with E-state index in [4.69, 9.17) is 5.26 Å². The second-order valence-electron chi connectivity index (χ2n) is 4.42. The Kier molecular flexibility index (Phi) is 5.55. The summed E-state index contributed by atoms with van der Waals surface area (Å²) in [5.74, 6) is -0.663. The normalized spacial score (nSPS) is 11.2. The highest BCUT2D eigenvalue weighted by molar-refractivity contribution is 7.10. The molecule has 5 nitrogen and oxygen atoms in total. The number of nitrogens with zero attached hydrogens (tertiary/aromatic N) is 2. The number of halogens is 3. The maximum atomic E-state index is 12.2. The van der Waals surface area contributed by atoms with Crippen molar-refractivity contribution in [2.24, 2.45) is 0 Å². The third-order valence-electron chi connectivity index (χ3n) is 2.59. The van der Waals surface area contributed by atoms with Crippen molar-refractivity contribution in [1.29, 1.82) is 5.26 Å². The standard InChI is InChI=1S/C15H10F3N3O2S/c16-15(17,18)9-23-12-2-1-11(7-10(12)8-19)21-13(22)3-4-14-20-5-6-24-14/h1-7H,9H2,(H,21,22). The third kappa shape index (κ3) is 5.40. The first-order chi connectivity index (χ1) is 11.4. The topological polar surface area (TPSA) is 75.0 Å². The minimum atomic E-state index is -4.50. The van der Waals surface area contributed by atoms with E-state index in [1.165, 1.54) is 41.7 Å². The number of rotatable bonds is 5. The van der Waals surface area contributed by atoms with E-state index in [0.717, 1.165) is 0 Å². The van der Waals surface area contributed by atoms with Gasteiger partial charge in [-0.2, -0.15) is 18.4 Å². The van der Waals surface area contributed by atoms with E-state index in [1.807, 2.05) is 0 Å². The van der Waals surface area contributed by atoms with Gasteiger partial charge in [0.2, 0.25) is 5.91 Å². The third-order valence-corrected chi connectivity index (χ3v) is 3.33. The van der Waals surface area contributed by atoms with Gasteiger partial charge in [-0.05, 0) is 24.3 Å². The monoisotopic (exact) mass is 353 g/mol. The number of carbonyl (C=O) groups is 1. The predicted molar refractivity (Wildman–Crippen MR) is 82.5 cm³/mol. The van der Waals surface area contributed by atoms with Gasteiger partial charge in [0.25, 0.3) is 0 Å². The van der Waals surface area contributed by atoms with Crippen molar-refractivity contribution < 1.29 is 22.7 Å². The van der Waals surface area contributed by atoms with Gasteiger partial charge in [0.05, 0.1) is 5.56 Å². The highest BCUT2D eigenvalue weighted by Crippen LogP contribution is 2.24. The van der Waals surface area contributed by atoms with Crippen molar-refractivity contribution in [2.45, 2.75) is 6.18 Å². The van der Waals surface area contributed by atoms with Crippen molar-refractivity contribution in [3.63, 3.8) is 0 Å². The van der Waals surface area contributed by atoms with Gasteiger partial charge in [-0.1, -0.05) is 0 Å². The molecule has 1 aromatic heterocycles. The molecule has 0 radical (unpaired) electrons. The lowest BCUT2D eigenvalue weighted by Crippen LogP contribution is -2.19. The second-order valence-corrected chi connectivity index (χ2v) is 5.35. The predicted octanol–water partition coefficient (Wildman–Crippen LogP) is 3.61. The molecule has 9 heteroatoms. The fourth-order valence-corrected chi connectivity index (χ4v) is 2.16. The van der Waals surface area contributed by atoms with Crippen LogP contribution in [0, 0.1) is 11.3 Å². The first-order valence-electron chi connectivity index (χ1n) is 6.49. The van der Waals surface area contributed by atoms with Crippen LogP contribution in [-0.2, 0) is 4.79 Å². The van der Waals surface area contributed by atoms with Gasteiger partial charge in [0.15, 0.2) is 6.61 Å². The summed E-state index contributed by atoms with van der Waals surface area (Å²) in [7, 11) is 0. The van der Waals surface area contributed by atoms with Crippen LogP contribution >= 0.6 is 11.3 Å². The van der Waals surface area contributed by atoms with Gasteiger partial charge in [-0.15, -0.1) is 11.3 Å². The van der Waals surface area contributed by atoms with Crippen molar-refractivity contribution in [3.05, 3.63) is 46.4 Å². The van der Waals surface area contributed by atoms with Crippen molar-refractivity contribution >= 4 is 29.0 Å². The second kappa shape index (κ2) is 7.61. The maximum Gasteiger partial charge on any atom is 0.422 e. The number of anilines is 1. The number of hydrogen-bond acceptors (Lipinski definition) is 5. The van der Waals surface area contributed by atoms with Gasteiger partial charge in [0, 0.05) is 23.3 Å². The number of hydrogen-bond donors (Lipinski definition) is 1. The van der Waals surface area contributed by atoms with Crippen LogP contribution in [0.5, 0.6) is 5.75 Å².